The van der Waals surface area contributed by atoms with Gasteiger partial charge in [0.2, 0.25) is 0 Å². The van der Waals surface area contributed by atoms with Gasteiger partial charge in [-0.1, -0.05) is 204 Å². The molecular formula is C61H112O14. The molecule has 440 valence electrons. The van der Waals surface area contributed by atoms with Crippen LogP contribution in [-0.2, 0) is 33.2 Å². The maximum atomic E-state index is 13.1. The van der Waals surface area contributed by atoms with E-state index in [4.69, 9.17) is 28.4 Å². The summed E-state index contributed by atoms with van der Waals surface area (Å²) >= 11 is 0. The van der Waals surface area contributed by atoms with E-state index < -0.39 is 80.7 Å². The predicted molar refractivity (Wildman–Crippen MR) is 298 cm³/mol. The van der Waals surface area contributed by atoms with Crippen molar-refractivity contribution in [1.29, 1.82) is 0 Å². The zero-order valence-corrected chi connectivity index (χ0v) is 47.3. The highest BCUT2D eigenvalue weighted by Gasteiger charge is 2.47. The van der Waals surface area contributed by atoms with E-state index in [0.717, 1.165) is 44.9 Å². The van der Waals surface area contributed by atoms with Gasteiger partial charge in [0.15, 0.2) is 12.6 Å². The highest BCUT2D eigenvalue weighted by molar-refractivity contribution is 5.69. The molecule has 0 amide bonds. The first-order valence-electron chi connectivity index (χ1n) is 30.6. The van der Waals surface area contributed by atoms with Crippen molar-refractivity contribution in [2.24, 2.45) is 0 Å². The van der Waals surface area contributed by atoms with E-state index in [1.54, 1.807) is 0 Å². The van der Waals surface area contributed by atoms with Gasteiger partial charge in [0.1, 0.15) is 54.9 Å². The zero-order chi connectivity index (χ0) is 54.4. The lowest BCUT2D eigenvalue weighted by Gasteiger charge is -2.42. The van der Waals surface area contributed by atoms with Crippen LogP contribution in [-0.4, -0.2) is 142 Å². The molecule has 0 bridgehead atoms. The Hall–Kier alpha value is -1.79. The molecule has 2 aliphatic heterocycles. The lowest BCUT2D eigenvalue weighted by atomic mass is 9.98. The topological polar surface area (TPSA) is 214 Å². The summed E-state index contributed by atoms with van der Waals surface area (Å²) in [6.07, 6.45) is 40.6. The van der Waals surface area contributed by atoms with Crippen molar-refractivity contribution >= 4 is 5.97 Å². The van der Waals surface area contributed by atoms with E-state index in [-0.39, 0.29) is 25.6 Å². The minimum absolute atomic E-state index is 0.0605. The van der Waals surface area contributed by atoms with Crippen molar-refractivity contribution in [2.75, 3.05) is 33.0 Å². The van der Waals surface area contributed by atoms with Crippen molar-refractivity contribution in [3.05, 3.63) is 36.5 Å². The van der Waals surface area contributed by atoms with Gasteiger partial charge in [0.05, 0.1) is 26.4 Å². The summed E-state index contributed by atoms with van der Waals surface area (Å²) in [6, 6.07) is 0. The largest absolute Gasteiger partial charge is 0.457 e. The van der Waals surface area contributed by atoms with E-state index >= 15 is 0 Å². The fourth-order valence-corrected chi connectivity index (χ4v) is 9.66. The molecule has 0 aromatic heterocycles. The SMILES string of the molecule is CCCCC/C=C\C/C=C\CCCCCCCCCCCCOCC(COC1OC(COC2OC(CO)C(O)C(O)C2O)C(O)C(O)C1O)OC(=O)CCCCCCCCCCC/C=C\CCCCCCCCCC. The van der Waals surface area contributed by atoms with Gasteiger partial charge in [-0.2, -0.15) is 0 Å². The molecule has 75 heavy (non-hydrogen) atoms. The number of hydrogen-bond donors (Lipinski definition) is 7. The third-order valence-electron chi connectivity index (χ3n) is 14.6. The van der Waals surface area contributed by atoms with Gasteiger partial charge in [-0.05, 0) is 70.6 Å². The molecule has 0 spiro atoms. The first-order valence-corrected chi connectivity index (χ1v) is 30.6. The summed E-state index contributed by atoms with van der Waals surface area (Å²) in [5.41, 5.74) is 0. The monoisotopic (exact) mass is 1070 g/mol. The second-order valence-electron chi connectivity index (χ2n) is 21.5. The molecule has 0 aromatic carbocycles. The smallest absolute Gasteiger partial charge is 0.306 e. The summed E-state index contributed by atoms with van der Waals surface area (Å²) in [5.74, 6) is -0.376. The Morgan fingerprint density at radius 1 is 0.440 bits per heavy atom. The number of ether oxygens (including phenoxy) is 6. The van der Waals surface area contributed by atoms with Gasteiger partial charge in [-0.15, -0.1) is 0 Å². The Morgan fingerprint density at radius 3 is 1.32 bits per heavy atom. The van der Waals surface area contributed by atoms with Crippen molar-refractivity contribution in [3.63, 3.8) is 0 Å². The molecule has 7 N–H and O–H groups in total. The van der Waals surface area contributed by atoms with Crippen LogP contribution >= 0.6 is 0 Å². The maximum Gasteiger partial charge on any atom is 0.306 e. The zero-order valence-electron chi connectivity index (χ0n) is 47.3. The highest BCUT2D eigenvalue weighted by atomic mass is 16.7. The van der Waals surface area contributed by atoms with Gasteiger partial charge in [0, 0.05) is 13.0 Å². The number of aliphatic hydroxyl groups excluding tert-OH is 7. The van der Waals surface area contributed by atoms with Gasteiger partial charge < -0.3 is 64.2 Å². The van der Waals surface area contributed by atoms with Crippen LogP contribution in [0.2, 0.25) is 0 Å². The molecule has 0 saturated carbocycles. The summed E-state index contributed by atoms with van der Waals surface area (Å²) < 4.78 is 34.4. The number of esters is 1. The average molecular weight is 1070 g/mol. The molecule has 11 atom stereocenters. The van der Waals surface area contributed by atoms with Gasteiger partial charge >= 0.3 is 5.97 Å². The molecule has 2 aliphatic rings. The molecule has 0 aliphatic carbocycles. The lowest BCUT2D eigenvalue weighted by molar-refractivity contribution is -0.332. The normalized spacial score (nSPS) is 24.8. The van der Waals surface area contributed by atoms with Crippen LogP contribution in [0.1, 0.15) is 245 Å². The number of rotatable bonds is 50. The van der Waals surface area contributed by atoms with Crippen LogP contribution in [0.4, 0.5) is 0 Å². The van der Waals surface area contributed by atoms with Crippen molar-refractivity contribution in [2.45, 2.75) is 313 Å². The maximum absolute atomic E-state index is 13.1. The van der Waals surface area contributed by atoms with Gasteiger partial charge in [0.25, 0.3) is 0 Å². The third-order valence-corrected chi connectivity index (χ3v) is 14.6. The Balaban J connectivity index is 1.70. The molecule has 0 radical (unpaired) electrons. The van der Waals surface area contributed by atoms with Crippen molar-refractivity contribution in [3.8, 4) is 0 Å². The predicted octanol–water partition coefficient (Wildman–Crippen LogP) is 11.3. The fraction of sp³-hybridized carbons (Fsp3) is 0.885. The highest BCUT2D eigenvalue weighted by Crippen LogP contribution is 2.27. The minimum atomic E-state index is -1.71. The number of unbranched alkanes of at least 4 members (excludes halogenated alkanes) is 30. The molecule has 0 aromatic rings. The van der Waals surface area contributed by atoms with Crippen LogP contribution in [0, 0.1) is 0 Å². The molecule has 11 unspecified atom stereocenters. The fourth-order valence-electron chi connectivity index (χ4n) is 9.66. The molecule has 2 heterocycles. The van der Waals surface area contributed by atoms with E-state index in [1.165, 1.54) is 173 Å². The average Bonchev–Trinajstić information content (AvgIpc) is 3.41. The van der Waals surface area contributed by atoms with Crippen LogP contribution in [0.25, 0.3) is 0 Å². The van der Waals surface area contributed by atoms with Crippen molar-refractivity contribution < 1.29 is 69.0 Å². The molecular weight excluding hydrogens is 957 g/mol. The summed E-state index contributed by atoms with van der Waals surface area (Å²) in [4.78, 5) is 13.1. The number of allylic oxidation sites excluding steroid dienone is 6. The Kier molecular flexibility index (Phi) is 44.5. The Bertz CT molecular complexity index is 1380. The van der Waals surface area contributed by atoms with Crippen LogP contribution < -0.4 is 0 Å². The van der Waals surface area contributed by atoms with Crippen molar-refractivity contribution in [1.82, 2.24) is 0 Å². The lowest BCUT2D eigenvalue weighted by Crippen LogP contribution is -2.61. The summed E-state index contributed by atoms with van der Waals surface area (Å²) in [5, 5.41) is 72.4. The second kappa shape index (κ2) is 48.1. The molecule has 14 heteroatoms. The summed E-state index contributed by atoms with van der Waals surface area (Å²) in [7, 11) is 0. The van der Waals surface area contributed by atoms with Crippen LogP contribution in [0.3, 0.4) is 0 Å². The molecule has 14 nitrogen and oxygen atoms in total. The van der Waals surface area contributed by atoms with E-state index in [1.807, 2.05) is 0 Å². The van der Waals surface area contributed by atoms with Crippen LogP contribution in [0.15, 0.2) is 36.5 Å². The molecule has 2 rings (SSSR count). The van der Waals surface area contributed by atoms with Gasteiger partial charge in [-0.3, -0.25) is 4.79 Å². The number of carbonyl (C=O) groups is 1. The second-order valence-corrected chi connectivity index (χ2v) is 21.5. The van der Waals surface area contributed by atoms with E-state index in [2.05, 4.69) is 50.3 Å². The van der Waals surface area contributed by atoms with E-state index in [0.29, 0.717) is 13.0 Å². The third kappa shape index (κ3) is 34.7. The summed E-state index contributed by atoms with van der Waals surface area (Å²) in [6.45, 7) is 3.69. The Morgan fingerprint density at radius 2 is 0.827 bits per heavy atom. The first kappa shape index (κ1) is 69.3. The first-order chi connectivity index (χ1) is 36.6. The Labute approximate surface area is 455 Å². The van der Waals surface area contributed by atoms with E-state index in [9.17, 15) is 40.5 Å². The molecule has 2 fully saturated rings. The number of hydrogen-bond acceptors (Lipinski definition) is 14. The number of aliphatic hydroxyl groups is 7. The quantitative estimate of drug-likeness (QED) is 0.0172. The molecule has 2 saturated heterocycles. The standard InChI is InChI=1S/C61H112O14/c1-3-5-7-9-11-13-15-17-19-21-23-25-26-28-30-32-34-36-38-40-42-44-53(63)73-50(47-70-45-43-41-39-37-35-33-31-29-27-24-22-20-18-16-14-12-10-8-6-4-2)48-71-60-59(69)57(67)55(65)52(75-60)49-72-61-58(68)56(66)54(64)51(46-62)74-61/h12,14,18,20-21,23,50-52,54-62,64-69H,3-11,13,15-17,19,22,24-49H2,1-2H3/b14-12-,20-18-,23-21-. The van der Waals surface area contributed by atoms with Crippen LogP contribution in [0.5, 0.6) is 0 Å². The number of carbonyl (C=O) groups excluding carboxylic acids is 1. The minimum Gasteiger partial charge on any atom is -0.457 e. The van der Waals surface area contributed by atoms with Gasteiger partial charge in [-0.25, -0.2) is 0 Å².